The van der Waals surface area contributed by atoms with Crippen molar-refractivity contribution in [3.05, 3.63) is 45.5 Å². The molecule has 0 saturated carbocycles. The van der Waals surface area contributed by atoms with E-state index in [0.717, 1.165) is 0 Å². The number of anilines is 2. The van der Waals surface area contributed by atoms with Crippen LogP contribution in [0.1, 0.15) is 25.3 Å². The first-order valence-corrected chi connectivity index (χ1v) is 16.4. The Morgan fingerprint density at radius 1 is 0.789 bits per heavy atom. The van der Waals surface area contributed by atoms with Crippen molar-refractivity contribution in [2.45, 2.75) is 49.7 Å². The third-order valence-corrected chi connectivity index (χ3v) is 9.20. The Balaban J connectivity index is 1.36. The highest BCUT2D eigenvalue weighted by molar-refractivity contribution is 8.07. The first kappa shape index (κ1) is 27.9. The van der Waals surface area contributed by atoms with E-state index in [-0.39, 0.29) is 37.7 Å². The Morgan fingerprint density at radius 2 is 1.18 bits per heavy atom. The number of hydrogen-bond acceptors (Lipinski definition) is 14. The van der Waals surface area contributed by atoms with Crippen molar-refractivity contribution in [2.75, 3.05) is 24.7 Å². The van der Waals surface area contributed by atoms with Crippen molar-refractivity contribution >= 4 is 48.7 Å². The monoisotopic (exact) mass is 610 g/mol. The molecule has 5 heterocycles. The lowest BCUT2D eigenvalue weighted by Crippen LogP contribution is -2.32. The summed E-state index contributed by atoms with van der Waals surface area (Å²) in [7, 11) is 0. The molecule has 2 unspecified atom stereocenters. The summed E-state index contributed by atoms with van der Waals surface area (Å²) in [4.78, 5) is 53.5. The van der Waals surface area contributed by atoms with Crippen molar-refractivity contribution in [3.63, 3.8) is 0 Å². The molecular weight excluding hydrogens is 586 g/mol. The molecule has 3 aliphatic rings. The van der Waals surface area contributed by atoms with Crippen LogP contribution < -0.4 is 22.8 Å². The fourth-order valence-corrected chi connectivity index (χ4v) is 7.24. The van der Waals surface area contributed by atoms with Crippen molar-refractivity contribution in [1.29, 1.82) is 0 Å². The third kappa shape index (κ3) is 6.22. The van der Waals surface area contributed by atoms with Crippen molar-refractivity contribution in [3.8, 4) is 0 Å². The van der Waals surface area contributed by atoms with E-state index in [1.807, 2.05) is 0 Å². The highest BCUT2D eigenvalue weighted by atomic mass is 32.5. The Bertz CT molecular complexity index is 1320. The van der Waals surface area contributed by atoms with Gasteiger partial charge in [-0.2, -0.15) is 9.97 Å². The number of nitrogens with zero attached hydrogens (tertiary/aromatic N) is 4. The first-order chi connectivity index (χ1) is 17.9. The molecule has 3 fully saturated rings. The molecule has 2 aromatic rings. The zero-order chi connectivity index (χ0) is 27.2. The van der Waals surface area contributed by atoms with Crippen molar-refractivity contribution < 1.29 is 37.4 Å². The number of nitrogen functional groups attached to an aromatic ring is 2. The van der Waals surface area contributed by atoms with E-state index in [1.54, 1.807) is 0 Å². The predicted molar refractivity (Wildman–Crippen MR) is 138 cm³/mol. The van der Waals surface area contributed by atoms with Gasteiger partial charge >= 0.3 is 24.8 Å². The van der Waals surface area contributed by atoms with Gasteiger partial charge in [-0.1, -0.05) is 0 Å². The summed E-state index contributed by atoms with van der Waals surface area (Å²) in [6.45, 7) is -8.38. The molecule has 0 aliphatic carbocycles. The molecule has 5 rings (SSSR count). The fraction of sp³-hybridized carbons (Fsp3) is 0.556. The van der Waals surface area contributed by atoms with Gasteiger partial charge < -0.3 is 48.8 Å². The molecule has 0 bridgehead atoms. The Labute approximate surface area is 224 Å². The van der Waals surface area contributed by atoms with Gasteiger partial charge in [0.1, 0.15) is 36.3 Å². The molecule has 2 aromatic heterocycles. The average Bonchev–Trinajstić information content (AvgIpc) is 3.39. The molecule has 20 heteroatoms. The van der Waals surface area contributed by atoms with E-state index in [4.69, 9.17) is 62.6 Å². The summed E-state index contributed by atoms with van der Waals surface area (Å²) < 4.78 is 36.7. The molecule has 0 radical (unpaired) electrons. The van der Waals surface area contributed by atoms with E-state index in [1.165, 1.54) is 33.7 Å². The number of rotatable bonds is 2. The number of ether oxygens (including phenoxy) is 2. The second-order valence-corrected chi connectivity index (χ2v) is 14.2. The first-order valence-electron chi connectivity index (χ1n) is 11.2. The minimum Gasteiger partial charge on any atom is -0.383 e. The summed E-state index contributed by atoms with van der Waals surface area (Å²) in [6, 6.07) is 2.85. The average molecular weight is 611 g/mol. The summed E-state index contributed by atoms with van der Waals surface area (Å²) in [5.41, 5.74) is 9.80. The van der Waals surface area contributed by atoms with Crippen LogP contribution in [-0.2, 0) is 51.2 Å². The third-order valence-electron chi connectivity index (χ3n) is 6.03. The van der Waals surface area contributed by atoms with Gasteiger partial charge in [-0.25, -0.2) is 9.59 Å². The van der Waals surface area contributed by atoms with Crippen LogP contribution in [0.15, 0.2) is 34.1 Å². The summed E-state index contributed by atoms with van der Waals surface area (Å²) in [5, 5.41) is 0. The van der Waals surface area contributed by atoms with Gasteiger partial charge in [0.15, 0.2) is 0 Å². The van der Waals surface area contributed by atoms with Gasteiger partial charge in [-0.3, -0.25) is 9.13 Å². The zero-order valence-electron chi connectivity index (χ0n) is 19.4. The summed E-state index contributed by atoms with van der Waals surface area (Å²) in [5.74, 6) is 0.0838. The summed E-state index contributed by atoms with van der Waals surface area (Å²) in [6.07, 6.45) is -2.40. The van der Waals surface area contributed by atoms with Gasteiger partial charge in [0.25, 0.3) is 0 Å². The number of nitrogens with two attached hydrogens (primary N) is 2. The lowest BCUT2D eigenvalue weighted by Gasteiger charge is -2.29. The molecule has 208 valence electrons. The molecule has 6 N–H and O–H groups in total. The number of aromatic nitrogens is 4. The minimum atomic E-state index is -3.87. The van der Waals surface area contributed by atoms with E-state index < -0.39 is 61.7 Å². The van der Waals surface area contributed by atoms with Crippen LogP contribution in [0.2, 0.25) is 0 Å². The van der Waals surface area contributed by atoms with Gasteiger partial charge in [0, 0.05) is 25.2 Å². The molecule has 8 atom stereocenters. The zero-order valence-corrected chi connectivity index (χ0v) is 22.8. The summed E-state index contributed by atoms with van der Waals surface area (Å²) >= 11 is 10.4. The molecule has 0 aromatic carbocycles. The molecule has 16 nitrogen and oxygen atoms in total. The van der Waals surface area contributed by atoms with E-state index in [0.29, 0.717) is 0 Å². The second kappa shape index (κ2) is 10.7. The lowest BCUT2D eigenvalue weighted by molar-refractivity contribution is -0.0598. The van der Waals surface area contributed by atoms with E-state index >= 15 is 0 Å². The molecule has 0 amide bonds. The standard InChI is InChI=1S/C18H24N6O10P2S2/c19-13-1-3-23(17(25)21-13)15-5-9-11(31-15)7-29-36(28,38)34-10-6-16(24-4-2-14(20)22-18(24)26)32-12(10)8-30-35(27,37)33-9/h1-4,9-12,15-16H,5-8H2,(H,27,37)(H,28,38)(H2,19,21,25)(H2,20,22,26)/t9-,10-,11+,12+,15+,16+,35?,36?/m0/s1. The Kier molecular flexibility index (Phi) is 7.87. The quantitative estimate of drug-likeness (QED) is 0.315. The highest BCUT2D eigenvalue weighted by Crippen LogP contribution is 2.53. The van der Waals surface area contributed by atoms with Gasteiger partial charge in [0.2, 0.25) is 0 Å². The minimum absolute atomic E-state index is 0.0419. The van der Waals surface area contributed by atoms with Crippen molar-refractivity contribution in [2.24, 2.45) is 0 Å². The van der Waals surface area contributed by atoms with Crippen LogP contribution in [0, 0.1) is 0 Å². The topological polar surface area (TPSA) is 218 Å². The van der Waals surface area contributed by atoms with Crippen molar-refractivity contribution in [1.82, 2.24) is 19.1 Å². The highest BCUT2D eigenvalue weighted by Gasteiger charge is 2.45. The van der Waals surface area contributed by atoms with Gasteiger partial charge in [0.05, 0.1) is 25.4 Å². The Hall–Kier alpha value is -1.66. The smallest absolute Gasteiger partial charge is 0.351 e. The van der Waals surface area contributed by atoms with Crippen LogP contribution in [0.3, 0.4) is 0 Å². The van der Waals surface area contributed by atoms with Crippen LogP contribution in [0.4, 0.5) is 11.6 Å². The van der Waals surface area contributed by atoms with Crippen LogP contribution in [0.5, 0.6) is 0 Å². The lowest BCUT2D eigenvalue weighted by atomic mass is 10.2. The predicted octanol–water partition coefficient (Wildman–Crippen LogP) is -0.510. The normalized spacial score (nSPS) is 38.1. The maximum Gasteiger partial charge on any atom is 0.351 e. The molecular formula is C18H24N6O10P2S2. The largest absolute Gasteiger partial charge is 0.383 e. The maximum absolute atomic E-state index is 12.3. The fourth-order valence-electron chi connectivity index (χ4n) is 4.29. The number of hydrogen-bond donors (Lipinski definition) is 4. The molecule has 38 heavy (non-hydrogen) atoms. The van der Waals surface area contributed by atoms with Gasteiger partial charge in [-0.15, -0.1) is 0 Å². The molecule has 0 spiro atoms. The van der Waals surface area contributed by atoms with Gasteiger partial charge in [-0.05, 0) is 35.7 Å². The Morgan fingerprint density at radius 3 is 1.55 bits per heavy atom. The SMILES string of the molecule is Nc1ccn([C@H]2C[C@@H]3OP(O)(=S)OC[C@H]4O[C@@H](n5ccc(N)nc5=O)C[C@@H]4OP(O)(=S)OC[C@H]3O2)c(=O)n1. The maximum atomic E-state index is 12.3. The number of fused-ring (bicyclic) bond motifs is 2. The molecule has 3 saturated heterocycles. The van der Waals surface area contributed by atoms with E-state index in [2.05, 4.69) is 9.97 Å². The molecule has 3 aliphatic heterocycles. The second-order valence-electron chi connectivity index (χ2n) is 8.63. The van der Waals surface area contributed by atoms with Crippen LogP contribution >= 0.6 is 13.4 Å². The van der Waals surface area contributed by atoms with Crippen LogP contribution in [-0.4, -0.2) is 66.5 Å². The van der Waals surface area contributed by atoms with E-state index in [9.17, 15) is 19.4 Å². The van der Waals surface area contributed by atoms with Crippen LogP contribution in [0.25, 0.3) is 0 Å².